The van der Waals surface area contributed by atoms with Gasteiger partial charge in [-0.2, -0.15) is 0 Å². The Hall–Kier alpha value is -1.63. The number of ether oxygens (including phenoxy) is 3. The van der Waals surface area contributed by atoms with E-state index in [1.165, 1.54) is 0 Å². The first kappa shape index (κ1) is 17.4. The van der Waals surface area contributed by atoms with E-state index in [1.807, 2.05) is 13.8 Å². The molecule has 120 valence electrons. The van der Waals surface area contributed by atoms with Gasteiger partial charge in [0.25, 0.3) is 5.60 Å². The highest BCUT2D eigenvalue weighted by Gasteiger charge is 2.49. The molecule has 21 heavy (non-hydrogen) atoms. The number of oxime groups is 1. The first-order valence-electron chi connectivity index (χ1n) is 7.10. The zero-order chi connectivity index (χ0) is 15.9. The maximum Gasteiger partial charge on any atom is 0.356 e. The van der Waals surface area contributed by atoms with E-state index < -0.39 is 17.5 Å². The summed E-state index contributed by atoms with van der Waals surface area (Å²) in [7, 11) is 0. The zero-order valence-corrected chi connectivity index (χ0v) is 13.0. The second kappa shape index (κ2) is 7.97. The van der Waals surface area contributed by atoms with Gasteiger partial charge in [-0.3, -0.25) is 0 Å². The molecule has 0 amide bonds. The van der Waals surface area contributed by atoms with E-state index in [1.54, 1.807) is 13.8 Å². The fourth-order valence-corrected chi connectivity index (χ4v) is 1.82. The SMILES string of the molecule is CCOC(=O)COCC1(C(=O)OCC)CC(C(C)C)=NO1. The van der Waals surface area contributed by atoms with Crippen LogP contribution in [0.25, 0.3) is 0 Å². The van der Waals surface area contributed by atoms with Crippen molar-refractivity contribution < 1.29 is 28.6 Å². The molecule has 1 atom stereocenters. The summed E-state index contributed by atoms with van der Waals surface area (Å²) in [5, 5.41) is 3.95. The third-order valence-electron chi connectivity index (χ3n) is 2.98. The van der Waals surface area contributed by atoms with E-state index in [2.05, 4.69) is 5.16 Å². The summed E-state index contributed by atoms with van der Waals surface area (Å²) in [4.78, 5) is 28.7. The Morgan fingerprint density at radius 3 is 2.48 bits per heavy atom. The van der Waals surface area contributed by atoms with Crippen molar-refractivity contribution in [1.29, 1.82) is 0 Å². The maximum atomic E-state index is 12.1. The van der Waals surface area contributed by atoms with E-state index >= 15 is 0 Å². The average Bonchev–Trinajstić information content (AvgIpc) is 2.85. The van der Waals surface area contributed by atoms with Crippen LogP contribution in [0.3, 0.4) is 0 Å². The van der Waals surface area contributed by atoms with E-state index in [4.69, 9.17) is 19.0 Å². The van der Waals surface area contributed by atoms with Crippen molar-refractivity contribution in [2.45, 2.75) is 39.7 Å². The summed E-state index contributed by atoms with van der Waals surface area (Å²) in [5.74, 6) is -0.862. The summed E-state index contributed by atoms with van der Waals surface area (Å²) in [6.45, 7) is 7.51. The second-order valence-electron chi connectivity index (χ2n) is 5.02. The molecule has 7 heteroatoms. The molecule has 0 radical (unpaired) electrons. The van der Waals surface area contributed by atoms with Crippen LogP contribution in [0.1, 0.15) is 34.1 Å². The third-order valence-corrected chi connectivity index (χ3v) is 2.98. The largest absolute Gasteiger partial charge is 0.464 e. The first-order valence-corrected chi connectivity index (χ1v) is 7.10. The van der Waals surface area contributed by atoms with Crippen LogP contribution in [0.15, 0.2) is 5.16 Å². The van der Waals surface area contributed by atoms with Crippen molar-refractivity contribution in [2.24, 2.45) is 11.1 Å². The van der Waals surface area contributed by atoms with Crippen molar-refractivity contribution in [3.8, 4) is 0 Å². The van der Waals surface area contributed by atoms with Crippen LogP contribution in [0, 0.1) is 5.92 Å². The third kappa shape index (κ3) is 4.70. The minimum Gasteiger partial charge on any atom is -0.464 e. The molecule has 1 aliphatic heterocycles. The Bertz CT molecular complexity index is 406. The lowest BCUT2D eigenvalue weighted by atomic mass is 9.93. The van der Waals surface area contributed by atoms with Crippen LogP contribution < -0.4 is 0 Å². The Morgan fingerprint density at radius 2 is 1.95 bits per heavy atom. The van der Waals surface area contributed by atoms with Crippen molar-refractivity contribution in [3.63, 3.8) is 0 Å². The number of nitrogens with zero attached hydrogens (tertiary/aromatic N) is 1. The predicted octanol–water partition coefficient (Wildman–Crippen LogP) is 1.30. The minimum atomic E-state index is -1.30. The van der Waals surface area contributed by atoms with E-state index in [0.717, 1.165) is 5.71 Å². The zero-order valence-electron chi connectivity index (χ0n) is 13.0. The topological polar surface area (TPSA) is 83.4 Å². The van der Waals surface area contributed by atoms with Crippen LogP contribution in [0.5, 0.6) is 0 Å². The molecule has 1 heterocycles. The van der Waals surface area contributed by atoms with E-state index in [9.17, 15) is 9.59 Å². The molecule has 0 bridgehead atoms. The van der Waals surface area contributed by atoms with E-state index in [-0.39, 0.29) is 32.3 Å². The van der Waals surface area contributed by atoms with Gasteiger partial charge < -0.3 is 19.0 Å². The molecule has 0 fully saturated rings. The Balaban J connectivity index is 2.63. The summed E-state index contributed by atoms with van der Waals surface area (Å²) < 4.78 is 15.0. The molecule has 1 unspecified atom stereocenters. The quantitative estimate of drug-likeness (QED) is 0.628. The minimum absolute atomic E-state index is 0.107. The molecule has 0 saturated carbocycles. The van der Waals surface area contributed by atoms with Crippen LogP contribution in [0.2, 0.25) is 0 Å². The van der Waals surface area contributed by atoms with Crippen molar-refractivity contribution in [3.05, 3.63) is 0 Å². The van der Waals surface area contributed by atoms with Gasteiger partial charge in [0, 0.05) is 6.42 Å². The Kier molecular flexibility index (Phi) is 6.61. The predicted molar refractivity (Wildman–Crippen MR) is 74.8 cm³/mol. The fraction of sp³-hybridized carbons (Fsp3) is 0.786. The number of carbonyl (C=O) groups excluding carboxylic acids is 2. The van der Waals surface area contributed by atoms with Gasteiger partial charge in [0.15, 0.2) is 0 Å². The standard InChI is InChI=1S/C14H23NO6/c1-5-19-12(16)8-18-9-14(13(17)20-6-2)7-11(10(3)4)15-21-14/h10H,5-9H2,1-4H3. The number of esters is 2. The monoisotopic (exact) mass is 301 g/mol. The summed E-state index contributed by atoms with van der Waals surface area (Å²) in [5.41, 5.74) is -0.537. The molecule has 0 saturated heterocycles. The highest BCUT2D eigenvalue weighted by atomic mass is 16.7. The number of hydrogen-bond donors (Lipinski definition) is 0. The molecule has 0 aliphatic carbocycles. The molecule has 0 aromatic heterocycles. The summed E-state index contributed by atoms with van der Waals surface area (Å²) in [6, 6.07) is 0. The fourth-order valence-electron chi connectivity index (χ4n) is 1.82. The Morgan fingerprint density at radius 1 is 1.29 bits per heavy atom. The van der Waals surface area contributed by atoms with Gasteiger partial charge in [0.05, 0.1) is 18.9 Å². The van der Waals surface area contributed by atoms with Crippen LogP contribution in [-0.4, -0.2) is 49.7 Å². The van der Waals surface area contributed by atoms with Gasteiger partial charge in [0.1, 0.15) is 13.2 Å². The molecule has 7 nitrogen and oxygen atoms in total. The smallest absolute Gasteiger partial charge is 0.356 e. The lowest BCUT2D eigenvalue weighted by Crippen LogP contribution is -2.45. The van der Waals surface area contributed by atoms with Gasteiger partial charge >= 0.3 is 11.9 Å². The number of hydrogen-bond acceptors (Lipinski definition) is 7. The normalized spacial score (nSPS) is 20.9. The molecule has 0 aromatic carbocycles. The van der Waals surface area contributed by atoms with Crippen molar-refractivity contribution in [2.75, 3.05) is 26.4 Å². The van der Waals surface area contributed by atoms with Gasteiger partial charge in [-0.15, -0.1) is 0 Å². The van der Waals surface area contributed by atoms with Crippen LogP contribution >= 0.6 is 0 Å². The maximum absolute atomic E-state index is 12.1. The summed E-state index contributed by atoms with van der Waals surface area (Å²) >= 11 is 0. The van der Waals surface area contributed by atoms with E-state index in [0.29, 0.717) is 6.42 Å². The molecule has 0 N–H and O–H groups in total. The van der Waals surface area contributed by atoms with Crippen LogP contribution in [-0.2, 0) is 28.6 Å². The van der Waals surface area contributed by atoms with Gasteiger partial charge in [-0.05, 0) is 19.8 Å². The molecule has 1 aliphatic rings. The van der Waals surface area contributed by atoms with Gasteiger partial charge in [-0.1, -0.05) is 19.0 Å². The lowest BCUT2D eigenvalue weighted by molar-refractivity contribution is -0.179. The average molecular weight is 301 g/mol. The number of rotatable bonds is 8. The Labute approximate surface area is 124 Å². The molecule has 0 spiro atoms. The highest BCUT2D eigenvalue weighted by molar-refractivity contribution is 5.94. The molecular formula is C14H23NO6. The summed E-state index contributed by atoms with van der Waals surface area (Å²) in [6.07, 6.45) is 0.298. The molecule has 0 aromatic rings. The van der Waals surface area contributed by atoms with Crippen molar-refractivity contribution in [1.82, 2.24) is 0 Å². The van der Waals surface area contributed by atoms with Gasteiger partial charge in [0.2, 0.25) is 0 Å². The molecular weight excluding hydrogens is 278 g/mol. The first-order chi connectivity index (χ1) is 9.95. The highest BCUT2D eigenvalue weighted by Crippen LogP contribution is 2.29. The van der Waals surface area contributed by atoms with Crippen LogP contribution in [0.4, 0.5) is 0 Å². The number of carbonyl (C=O) groups is 2. The molecule has 1 rings (SSSR count). The van der Waals surface area contributed by atoms with Crippen molar-refractivity contribution >= 4 is 17.7 Å². The lowest BCUT2D eigenvalue weighted by Gasteiger charge is -2.24. The van der Waals surface area contributed by atoms with Gasteiger partial charge in [-0.25, -0.2) is 9.59 Å². The second-order valence-corrected chi connectivity index (χ2v) is 5.02.